The number of alkyl halides is 1. The summed E-state index contributed by atoms with van der Waals surface area (Å²) in [6, 6.07) is 0. The third-order valence-electron chi connectivity index (χ3n) is 1.34. The molecule has 0 spiro atoms. The highest BCUT2D eigenvalue weighted by Gasteiger charge is 2.37. The highest BCUT2D eigenvalue weighted by molar-refractivity contribution is 9.10. The van der Waals surface area contributed by atoms with Crippen molar-refractivity contribution in [1.82, 2.24) is 0 Å². The molecule has 1 rings (SSSR count). The predicted molar refractivity (Wildman–Crippen MR) is 46.3 cm³/mol. The van der Waals surface area contributed by atoms with Gasteiger partial charge in [-0.25, -0.2) is 0 Å². The van der Waals surface area contributed by atoms with Crippen LogP contribution in [0.25, 0.3) is 0 Å². The van der Waals surface area contributed by atoms with Gasteiger partial charge in [0.1, 0.15) is 0 Å². The van der Waals surface area contributed by atoms with Crippen molar-refractivity contribution in [2.24, 2.45) is 0 Å². The molecule has 0 aromatic rings. The molecule has 0 radical (unpaired) electrons. The SMILES string of the molecule is O=[N+]([O-])C1(Br)C=C(Cl)C=CC1. The molecule has 1 atom stereocenters. The number of nitro groups is 1. The van der Waals surface area contributed by atoms with Crippen molar-refractivity contribution in [1.29, 1.82) is 0 Å². The summed E-state index contributed by atoms with van der Waals surface area (Å²) in [5.74, 6) is 0. The number of halogens is 2. The van der Waals surface area contributed by atoms with Gasteiger partial charge in [-0.3, -0.25) is 10.1 Å². The molecule has 0 saturated carbocycles. The van der Waals surface area contributed by atoms with Gasteiger partial charge in [-0.2, -0.15) is 0 Å². The van der Waals surface area contributed by atoms with Gasteiger partial charge in [-0.15, -0.1) is 0 Å². The molecule has 0 amide bonds. The Labute approximate surface area is 77.0 Å². The molecule has 60 valence electrons. The molecule has 0 aliphatic heterocycles. The zero-order valence-electron chi connectivity index (χ0n) is 5.46. The average molecular weight is 238 g/mol. The van der Waals surface area contributed by atoms with Crippen molar-refractivity contribution in [3.05, 3.63) is 33.4 Å². The van der Waals surface area contributed by atoms with E-state index < -0.39 is 9.37 Å². The van der Waals surface area contributed by atoms with Crippen LogP contribution in [0.5, 0.6) is 0 Å². The number of hydrogen-bond donors (Lipinski definition) is 0. The average Bonchev–Trinajstić information content (AvgIpc) is 1.86. The molecule has 1 unspecified atom stereocenters. The largest absolute Gasteiger partial charge is 0.297 e. The normalized spacial score (nSPS) is 29.8. The Bertz CT molecular complexity index is 251. The highest BCUT2D eigenvalue weighted by atomic mass is 79.9. The molecule has 3 nitrogen and oxygen atoms in total. The summed E-state index contributed by atoms with van der Waals surface area (Å²) in [6.45, 7) is 0. The van der Waals surface area contributed by atoms with Gasteiger partial charge >= 0.3 is 0 Å². The van der Waals surface area contributed by atoms with Gasteiger partial charge in [-0.05, 0) is 6.08 Å². The van der Waals surface area contributed by atoms with Crippen LogP contribution in [-0.4, -0.2) is 9.37 Å². The molecule has 11 heavy (non-hydrogen) atoms. The van der Waals surface area contributed by atoms with Gasteiger partial charge in [-0.1, -0.05) is 17.7 Å². The van der Waals surface area contributed by atoms with Crippen LogP contribution in [0.3, 0.4) is 0 Å². The first-order valence-corrected chi connectivity index (χ1v) is 4.10. The monoisotopic (exact) mass is 237 g/mol. The van der Waals surface area contributed by atoms with Crippen LogP contribution in [0.15, 0.2) is 23.3 Å². The molecule has 0 aromatic carbocycles. The van der Waals surface area contributed by atoms with Crippen molar-refractivity contribution < 1.29 is 4.92 Å². The summed E-state index contributed by atoms with van der Waals surface area (Å²) in [7, 11) is 0. The Morgan fingerprint density at radius 1 is 1.82 bits per heavy atom. The minimum atomic E-state index is -1.20. The second-order valence-electron chi connectivity index (χ2n) is 2.21. The van der Waals surface area contributed by atoms with Gasteiger partial charge < -0.3 is 0 Å². The maximum atomic E-state index is 10.4. The van der Waals surface area contributed by atoms with Crippen LogP contribution in [0, 0.1) is 10.1 Å². The van der Waals surface area contributed by atoms with Crippen LogP contribution in [-0.2, 0) is 0 Å². The summed E-state index contributed by atoms with van der Waals surface area (Å²) in [6.07, 6.45) is 5.02. The lowest BCUT2D eigenvalue weighted by molar-refractivity contribution is -0.521. The molecule has 0 N–H and O–H groups in total. The van der Waals surface area contributed by atoms with E-state index in [1.54, 1.807) is 12.2 Å². The number of rotatable bonds is 1. The smallest absolute Gasteiger partial charge is 0.263 e. The highest BCUT2D eigenvalue weighted by Crippen LogP contribution is 2.31. The zero-order chi connectivity index (χ0) is 8.48. The Morgan fingerprint density at radius 3 is 2.82 bits per heavy atom. The van der Waals surface area contributed by atoms with Crippen LogP contribution in [0.1, 0.15) is 6.42 Å². The number of nitrogens with zero attached hydrogens (tertiary/aromatic N) is 1. The van der Waals surface area contributed by atoms with E-state index in [0.29, 0.717) is 11.5 Å². The van der Waals surface area contributed by atoms with Crippen molar-refractivity contribution in [3.63, 3.8) is 0 Å². The van der Waals surface area contributed by atoms with Gasteiger partial charge in [0.2, 0.25) is 0 Å². The van der Waals surface area contributed by atoms with E-state index in [9.17, 15) is 10.1 Å². The molecular formula is C6H5BrClNO2. The summed E-state index contributed by atoms with van der Waals surface area (Å²) in [5.41, 5.74) is 0. The van der Waals surface area contributed by atoms with E-state index in [4.69, 9.17) is 11.6 Å². The van der Waals surface area contributed by atoms with Crippen molar-refractivity contribution in [3.8, 4) is 0 Å². The van der Waals surface area contributed by atoms with Crippen LogP contribution >= 0.6 is 27.5 Å². The van der Waals surface area contributed by atoms with Crippen molar-refractivity contribution in [2.75, 3.05) is 0 Å². The Morgan fingerprint density at radius 2 is 2.45 bits per heavy atom. The van der Waals surface area contributed by atoms with E-state index in [1.165, 1.54) is 6.08 Å². The summed E-state index contributed by atoms with van der Waals surface area (Å²) in [5, 5.41) is 10.8. The third kappa shape index (κ3) is 1.81. The number of hydrogen-bond acceptors (Lipinski definition) is 2. The van der Waals surface area contributed by atoms with E-state index in [0.717, 1.165) is 0 Å². The zero-order valence-corrected chi connectivity index (χ0v) is 7.80. The van der Waals surface area contributed by atoms with Gasteiger partial charge in [0, 0.05) is 32.0 Å². The molecule has 0 aromatic heterocycles. The first-order valence-electron chi connectivity index (χ1n) is 2.93. The second kappa shape index (κ2) is 2.95. The van der Waals surface area contributed by atoms with Crippen LogP contribution < -0.4 is 0 Å². The van der Waals surface area contributed by atoms with E-state index in [-0.39, 0.29) is 0 Å². The minimum absolute atomic E-state index is 0.330. The summed E-state index contributed by atoms with van der Waals surface area (Å²) in [4.78, 5) is 10.0. The fraction of sp³-hybridized carbons (Fsp3) is 0.333. The fourth-order valence-corrected chi connectivity index (χ4v) is 1.62. The van der Waals surface area contributed by atoms with Gasteiger partial charge in [0.15, 0.2) is 0 Å². The lowest BCUT2D eigenvalue weighted by Crippen LogP contribution is -2.29. The Hall–Kier alpha value is -0.350. The molecule has 0 heterocycles. The topological polar surface area (TPSA) is 43.1 Å². The van der Waals surface area contributed by atoms with Crippen molar-refractivity contribution >= 4 is 27.5 Å². The van der Waals surface area contributed by atoms with E-state index >= 15 is 0 Å². The summed E-state index contributed by atoms with van der Waals surface area (Å²) < 4.78 is -1.20. The molecule has 1 aliphatic carbocycles. The predicted octanol–water partition coefficient (Wildman–Crippen LogP) is 2.44. The maximum absolute atomic E-state index is 10.4. The Balaban J connectivity index is 2.92. The van der Waals surface area contributed by atoms with Gasteiger partial charge in [0.25, 0.3) is 4.45 Å². The molecular weight excluding hydrogens is 233 g/mol. The second-order valence-corrected chi connectivity index (χ2v) is 4.02. The lowest BCUT2D eigenvalue weighted by atomic mass is 10.1. The fourth-order valence-electron chi connectivity index (χ4n) is 0.782. The molecule has 0 bridgehead atoms. The molecule has 0 fully saturated rings. The van der Waals surface area contributed by atoms with Crippen LogP contribution in [0.2, 0.25) is 0 Å². The third-order valence-corrected chi connectivity index (χ3v) is 2.42. The standard InChI is InChI=1S/C6H5BrClNO2/c7-6(9(10)11)3-1-2-5(8)4-6/h1-2,4H,3H2. The summed E-state index contributed by atoms with van der Waals surface area (Å²) >= 11 is 8.57. The molecule has 1 aliphatic rings. The molecule has 0 saturated heterocycles. The minimum Gasteiger partial charge on any atom is -0.263 e. The molecule has 5 heteroatoms. The first-order chi connectivity index (χ1) is 5.04. The quantitative estimate of drug-likeness (QED) is 0.305. The van der Waals surface area contributed by atoms with Gasteiger partial charge in [0.05, 0.1) is 6.42 Å². The lowest BCUT2D eigenvalue weighted by Gasteiger charge is -2.15. The van der Waals surface area contributed by atoms with Crippen molar-refractivity contribution in [2.45, 2.75) is 10.9 Å². The van der Waals surface area contributed by atoms with E-state index in [1.807, 2.05) is 0 Å². The Kier molecular flexibility index (Phi) is 2.34. The number of allylic oxidation sites excluding steroid dienone is 2. The van der Waals surface area contributed by atoms with E-state index in [2.05, 4.69) is 15.9 Å². The van der Waals surface area contributed by atoms with Crippen LogP contribution in [0.4, 0.5) is 0 Å². The maximum Gasteiger partial charge on any atom is 0.297 e. The first kappa shape index (κ1) is 8.74.